The summed E-state index contributed by atoms with van der Waals surface area (Å²) in [4.78, 5) is 0. The predicted molar refractivity (Wildman–Crippen MR) is 77.6 cm³/mol. The van der Waals surface area contributed by atoms with E-state index in [1.54, 1.807) is 6.20 Å². The van der Waals surface area contributed by atoms with Gasteiger partial charge >= 0.3 is 0 Å². The number of hydrogen-bond acceptors (Lipinski definition) is 3. The highest BCUT2D eigenvalue weighted by molar-refractivity contribution is 6.30. The Labute approximate surface area is 121 Å². The first-order valence-electron chi connectivity index (χ1n) is 6.15. The van der Waals surface area contributed by atoms with Gasteiger partial charge in [0.05, 0.1) is 6.20 Å². The highest BCUT2D eigenvalue weighted by Crippen LogP contribution is 2.22. The number of rotatable bonds is 4. The molecule has 20 heavy (non-hydrogen) atoms. The molecule has 0 saturated carbocycles. The summed E-state index contributed by atoms with van der Waals surface area (Å²) in [5, 5.41) is 11.2. The molecule has 0 atom stereocenters. The lowest BCUT2D eigenvalue weighted by atomic mass is 10.1. The molecule has 0 saturated heterocycles. The van der Waals surface area contributed by atoms with E-state index in [4.69, 9.17) is 16.3 Å². The third-order valence-electron chi connectivity index (χ3n) is 2.86. The van der Waals surface area contributed by atoms with E-state index in [1.807, 2.05) is 48.5 Å². The number of H-pyrrole nitrogens is 1. The van der Waals surface area contributed by atoms with Gasteiger partial charge in [-0.2, -0.15) is 15.4 Å². The normalized spacial score (nSPS) is 10.4. The van der Waals surface area contributed by atoms with E-state index in [-0.39, 0.29) is 0 Å². The molecule has 0 aliphatic heterocycles. The van der Waals surface area contributed by atoms with Gasteiger partial charge in [0.2, 0.25) is 0 Å². The number of benzene rings is 2. The second kappa shape index (κ2) is 5.75. The molecule has 1 heterocycles. The van der Waals surface area contributed by atoms with E-state index in [2.05, 4.69) is 15.4 Å². The number of hydrogen-bond donors (Lipinski definition) is 1. The summed E-state index contributed by atoms with van der Waals surface area (Å²) in [6.45, 7) is 0.499. The number of aromatic amines is 1. The van der Waals surface area contributed by atoms with Gasteiger partial charge in [-0.3, -0.25) is 0 Å². The molecule has 3 rings (SSSR count). The topological polar surface area (TPSA) is 50.8 Å². The number of halogens is 1. The number of nitrogens with zero attached hydrogens (tertiary/aromatic N) is 2. The van der Waals surface area contributed by atoms with Gasteiger partial charge in [0.25, 0.3) is 0 Å². The Morgan fingerprint density at radius 3 is 2.70 bits per heavy atom. The lowest BCUT2D eigenvalue weighted by Crippen LogP contribution is -1.95. The summed E-state index contributed by atoms with van der Waals surface area (Å²) in [6.07, 6.45) is 1.68. The minimum Gasteiger partial charge on any atom is -0.489 e. The molecular formula is C15H12ClN3O. The van der Waals surface area contributed by atoms with Gasteiger partial charge in [0.1, 0.15) is 18.1 Å². The van der Waals surface area contributed by atoms with Crippen LogP contribution >= 0.6 is 11.6 Å². The van der Waals surface area contributed by atoms with Crippen molar-refractivity contribution < 1.29 is 4.74 Å². The Bertz CT molecular complexity index is 681. The standard InChI is InChI=1S/C15H12ClN3O/c16-13-6-4-11(5-7-13)10-20-14-3-1-2-12(8-14)15-9-17-19-18-15/h1-9H,10H2,(H,17,18,19). The second-order valence-electron chi connectivity index (χ2n) is 4.30. The fourth-order valence-electron chi connectivity index (χ4n) is 1.83. The maximum Gasteiger partial charge on any atom is 0.120 e. The molecule has 5 heteroatoms. The average molecular weight is 286 g/mol. The van der Waals surface area contributed by atoms with Crippen molar-refractivity contribution in [1.29, 1.82) is 0 Å². The Hall–Kier alpha value is -2.33. The predicted octanol–water partition coefficient (Wildman–Crippen LogP) is 3.70. The van der Waals surface area contributed by atoms with Gasteiger partial charge < -0.3 is 4.74 Å². The summed E-state index contributed by atoms with van der Waals surface area (Å²) in [5.74, 6) is 0.792. The van der Waals surface area contributed by atoms with Gasteiger partial charge in [-0.1, -0.05) is 35.9 Å². The molecule has 0 radical (unpaired) electrons. The zero-order chi connectivity index (χ0) is 13.8. The molecular weight excluding hydrogens is 274 g/mol. The van der Waals surface area contributed by atoms with Crippen LogP contribution in [0.15, 0.2) is 54.7 Å². The molecule has 0 amide bonds. The van der Waals surface area contributed by atoms with Crippen LogP contribution in [0.4, 0.5) is 0 Å². The van der Waals surface area contributed by atoms with Crippen molar-refractivity contribution in [2.75, 3.05) is 0 Å². The Kier molecular flexibility index (Phi) is 3.65. The second-order valence-corrected chi connectivity index (χ2v) is 4.73. The van der Waals surface area contributed by atoms with Crippen molar-refractivity contribution in [3.63, 3.8) is 0 Å². The first-order valence-corrected chi connectivity index (χ1v) is 6.52. The molecule has 0 unspecified atom stereocenters. The molecule has 100 valence electrons. The largest absolute Gasteiger partial charge is 0.489 e. The molecule has 1 N–H and O–H groups in total. The van der Waals surface area contributed by atoms with Crippen molar-refractivity contribution in [1.82, 2.24) is 15.4 Å². The molecule has 1 aromatic heterocycles. The van der Waals surface area contributed by atoms with Crippen molar-refractivity contribution in [2.24, 2.45) is 0 Å². The molecule has 0 fully saturated rings. The number of nitrogens with one attached hydrogen (secondary N) is 1. The van der Waals surface area contributed by atoms with Crippen molar-refractivity contribution in [2.45, 2.75) is 6.61 Å². The SMILES string of the molecule is Clc1ccc(COc2cccc(-c3cn[nH]n3)c2)cc1. The van der Waals surface area contributed by atoms with Gasteiger partial charge in [0, 0.05) is 10.6 Å². The van der Waals surface area contributed by atoms with Crippen LogP contribution in [0.2, 0.25) is 5.02 Å². The molecule has 0 aliphatic rings. The van der Waals surface area contributed by atoms with Crippen LogP contribution in [0.1, 0.15) is 5.56 Å². The van der Waals surface area contributed by atoms with Crippen LogP contribution in [-0.2, 0) is 6.61 Å². The van der Waals surface area contributed by atoms with Crippen LogP contribution in [0, 0.1) is 0 Å². The highest BCUT2D eigenvalue weighted by atomic mass is 35.5. The lowest BCUT2D eigenvalue weighted by molar-refractivity contribution is 0.306. The lowest BCUT2D eigenvalue weighted by Gasteiger charge is -2.07. The summed E-state index contributed by atoms with van der Waals surface area (Å²) >= 11 is 5.85. The van der Waals surface area contributed by atoms with Gasteiger partial charge in [-0.25, -0.2) is 0 Å². The minimum atomic E-state index is 0.499. The van der Waals surface area contributed by atoms with Crippen LogP contribution in [-0.4, -0.2) is 15.4 Å². The van der Waals surface area contributed by atoms with E-state index in [0.717, 1.165) is 27.6 Å². The van der Waals surface area contributed by atoms with E-state index in [0.29, 0.717) is 6.61 Å². The van der Waals surface area contributed by atoms with E-state index in [1.165, 1.54) is 0 Å². The monoisotopic (exact) mass is 285 g/mol. The van der Waals surface area contributed by atoms with E-state index >= 15 is 0 Å². The summed E-state index contributed by atoms with van der Waals surface area (Å²) in [6, 6.07) is 15.4. The third-order valence-corrected chi connectivity index (χ3v) is 3.12. The number of ether oxygens (including phenoxy) is 1. The molecule has 0 bridgehead atoms. The van der Waals surface area contributed by atoms with E-state index < -0.39 is 0 Å². The Balaban J connectivity index is 1.72. The van der Waals surface area contributed by atoms with Gasteiger partial charge in [0.15, 0.2) is 0 Å². The van der Waals surface area contributed by atoms with Gasteiger partial charge in [-0.05, 0) is 29.8 Å². The average Bonchev–Trinajstić information content (AvgIpc) is 3.01. The number of aromatic nitrogens is 3. The summed E-state index contributed by atoms with van der Waals surface area (Å²) < 4.78 is 5.77. The van der Waals surface area contributed by atoms with Gasteiger partial charge in [-0.15, -0.1) is 0 Å². The molecule has 3 aromatic rings. The third kappa shape index (κ3) is 2.97. The van der Waals surface area contributed by atoms with Crippen LogP contribution in [0.3, 0.4) is 0 Å². The van der Waals surface area contributed by atoms with Crippen LogP contribution in [0.5, 0.6) is 5.75 Å². The van der Waals surface area contributed by atoms with E-state index in [9.17, 15) is 0 Å². The molecule has 0 aliphatic carbocycles. The molecule has 2 aromatic carbocycles. The fourth-order valence-corrected chi connectivity index (χ4v) is 1.96. The quantitative estimate of drug-likeness (QED) is 0.795. The summed E-state index contributed by atoms with van der Waals surface area (Å²) in [7, 11) is 0. The van der Waals surface area contributed by atoms with Crippen molar-refractivity contribution >= 4 is 11.6 Å². The Morgan fingerprint density at radius 2 is 1.95 bits per heavy atom. The smallest absolute Gasteiger partial charge is 0.120 e. The maximum atomic E-state index is 5.85. The van der Waals surface area contributed by atoms with Crippen molar-refractivity contribution in [3.05, 3.63) is 65.3 Å². The first-order chi connectivity index (χ1) is 9.81. The zero-order valence-electron chi connectivity index (χ0n) is 10.6. The zero-order valence-corrected chi connectivity index (χ0v) is 11.3. The minimum absolute atomic E-state index is 0.499. The fraction of sp³-hybridized carbons (Fsp3) is 0.0667. The van der Waals surface area contributed by atoms with Crippen LogP contribution in [0.25, 0.3) is 11.3 Å². The molecule has 0 spiro atoms. The maximum absolute atomic E-state index is 5.85. The van der Waals surface area contributed by atoms with Crippen molar-refractivity contribution in [3.8, 4) is 17.0 Å². The first kappa shape index (κ1) is 12.7. The Morgan fingerprint density at radius 1 is 1.10 bits per heavy atom. The van der Waals surface area contributed by atoms with Crippen LogP contribution < -0.4 is 4.74 Å². The molecule has 4 nitrogen and oxygen atoms in total. The summed E-state index contributed by atoms with van der Waals surface area (Å²) in [5.41, 5.74) is 2.83. The highest BCUT2D eigenvalue weighted by Gasteiger charge is 2.03.